The summed E-state index contributed by atoms with van der Waals surface area (Å²) < 4.78 is 0. The van der Waals surface area contributed by atoms with Crippen LogP contribution < -0.4 is 5.32 Å². The van der Waals surface area contributed by atoms with E-state index in [1.165, 1.54) is 28.9 Å². The summed E-state index contributed by atoms with van der Waals surface area (Å²) >= 11 is 0. The Hall–Kier alpha value is -1.58. The van der Waals surface area contributed by atoms with E-state index in [0.29, 0.717) is 11.3 Å². The summed E-state index contributed by atoms with van der Waals surface area (Å²) in [6, 6.07) is 0. The molecule has 3 aliphatic rings. The highest BCUT2D eigenvalue weighted by molar-refractivity contribution is 5.63. The Kier molecular flexibility index (Phi) is 4.01. The molecule has 2 aliphatic heterocycles. The summed E-state index contributed by atoms with van der Waals surface area (Å²) in [7, 11) is 2.21. The molecule has 2 N–H and O–H groups in total. The molecule has 0 fully saturated rings. The number of H-pyrrole nitrogens is 1. The molecule has 1 aliphatic carbocycles. The average molecular weight is 323 g/mol. The van der Waals surface area contributed by atoms with Crippen molar-refractivity contribution in [1.29, 1.82) is 0 Å². The van der Waals surface area contributed by atoms with Gasteiger partial charge in [0.25, 0.3) is 0 Å². The van der Waals surface area contributed by atoms with Crippen LogP contribution in [0.3, 0.4) is 0 Å². The predicted octanol–water partition coefficient (Wildman–Crippen LogP) is 3.62. The second kappa shape index (κ2) is 6.05. The van der Waals surface area contributed by atoms with Crippen LogP contribution in [-0.2, 0) is 13.0 Å². The lowest BCUT2D eigenvalue weighted by atomic mass is 9.85. The fraction of sp³-hybridized carbons (Fsp3) is 0.524. The number of aromatic nitrogens is 1. The topological polar surface area (TPSA) is 31.1 Å². The van der Waals surface area contributed by atoms with Crippen molar-refractivity contribution in [1.82, 2.24) is 15.2 Å². The molecule has 0 radical (unpaired) electrons. The SMILES string of the molecule is CN1CC=CC=C(C2CNCc3[nH]c4c(c32)C=CC(C)(C)CC4)C1. The number of rotatable bonds is 1. The zero-order valence-corrected chi connectivity index (χ0v) is 15.2. The molecule has 4 rings (SSSR count). The van der Waals surface area contributed by atoms with E-state index in [1.54, 1.807) is 5.56 Å². The van der Waals surface area contributed by atoms with Crippen molar-refractivity contribution >= 4 is 6.08 Å². The van der Waals surface area contributed by atoms with Gasteiger partial charge in [0, 0.05) is 43.5 Å². The fourth-order valence-electron chi connectivity index (χ4n) is 4.25. The molecule has 1 aromatic rings. The number of nitrogens with one attached hydrogen (secondary N) is 2. The van der Waals surface area contributed by atoms with E-state index in [2.05, 4.69) is 66.5 Å². The Morgan fingerprint density at radius 3 is 3.00 bits per heavy atom. The van der Waals surface area contributed by atoms with Crippen LogP contribution >= 0.6 is 0 Å². The predicted molar refractivity (Wildman–Crippen MR) is 101 cm³/mol. The first-order chi connectivity index (χ1) is 11.5. The maximum absolute atomic E-state index is 3.76. The summed E-state index contributed by atoms with van der Waals surface area (Å²) in [5, 5.41) is 3.63. The smallest absolute Gasteiger partial charge is 0.0360 e. The van der Waals surface area contributed by atoms with Gasteiger partial charge < -0.3 is 10.3 Å². The molecule has 0 amide bonds. The third-order valence-corrected chi connectivity index (χ3v) is 5.72. The van der Waals surface area contributed by atoms with Crippen molar-refractivity contribution in [3.05, 3.63) is 52.4 Å². The first kappa shape index (κ1) is 15.9. The molecule has 1 unspecified atom stereocenters. The second-order valence-electron chi connectivity index (χ2n) is 8.28. The Bertz CT molecular complexity index is 718. The van der Waals surface area contributed by atoms with Crippen molar-refractivity contribution in [3.8, 4) is 0 Å². The number of nitrogens with zero attached hydrogens (tertiary/aromatic N) is 1. The summed E-state index contributed by atoms with van der Waals surface area (Å²) in [6.07, 6.45) is 14.0. The molecule has 0 bridgehead atoms. The number of aromatic amines is 1. The van der Waals surface area contributed by atoms with Crippen molar-refractivity contribution < 1.29 is 0 Å². The third kappa shape index (κ3) is 2.91. The van der Waals surface area contributed by atoms with Crippen molar-refractivity contribution in [2.24, 2.45) is 5.41 Å². The van der Waals surface area contributed by atoms with Crippen LogP contribution in [0.1, 0.15) is 48.7 Å². The van der Waals surface area contributed by atoms with E-state index >= 15 is 0 Å². The highest BCUT2D eigenvalue weighted by Crippen LogP contribution is 2.39. The minimum atomic E-state index is 0.291. The van der Waals surface area contributed by atoms with E-state index in [4.69, 9.17) is 0 Å². The monoisotopic (exact) mass is 323 g/mol. The third-order valence-electron chi connectivity index (χ3n) is 5.72. The van der Waals surface area contributed by atoms with Gasteiger partial charge in [0.05, 0.1) is 0 Å². The Balaban J connectivity index is 1.76. The zero-order chi connectivity index (χ0) is 16.7. The normalized spacial score (nSPS) is 26.3. The highest BCUT2D eigenvalue weighted by atomic mass is 15.1. The Morgan fingerprint density at radius 2 is 2.12 bits per heavy atom. The van der Waals surface area contributed by atoms with Crippen molar-refractivity contribution in [2.75, 3.05) is 26.7 Å². The molecular formula is C21H29N3. The van der Waals surface area contributed by atoms with Gasteiger partial charge in [-0.15, -0.1) is 0 Å². The fourth-order valence-corrected chi connectivity index (χ4v) is 4.25. The maximum Gasteiger partial charge on any atom is 0.0360 e. The summed E-state index contributed by atoms with van der Waals surface area (Å²) in [5.41, 5.74) is 7.68. The minimum absolute atomic E-state index is 0.291. The largest absolute Gasteiger partial charge is 0.360 e. The van der Waals surface area contributed by atoms with Gasteiger partial charge in [-0.2, -0.15) is 0 Å². The molecule has 0 saturated carbocycles. The number of allylic oxidation sites excluding steroid dienone is 3. The van der Waals surface area contributed by atoms with Gasteiger partial charge in [0.15, 0.2) is 0 Å². The Labute approximate surface area is 145 Å². The summed E-state index contributed by atoms with van der Waals surface area (Å²) in [4.78, 5) is 6.15. The van der Waals surface area contributed by atoms with Crippen molar-refractivity contribution in [2.45, 2.75) is 39.2 Å². The van der Waals surface area contributed by atoms with Crippen LogP contribution in [0.4, 0.5) is 0 Å². The first-order valence-electron chi connectivity index (χ1n) is 9.21. The van der Waals surface area contributed by atoms with E-state index in [0.717, 1.165) is 32.6 Å². The molecule has 24 heavy (non-hydrogen) atoms. The number of aryl methyl sites for hydroxylation is 1. The molecule has 3 nitrogen and oxygen atoms in total. The zero-order valence-electron chi connectivity index (χ0n) is 15.2. The number of likely N-dealkylation sites (N-methyl/N-ethyl adjacent to an activating group) is 1. The van der Waals surface area contributed by atoms with Gasteiger partial charge in [0.1, 0.15) is 0 Å². The van der Waals surface area contributed by atoms with Crippen LogP contribution in [-0.4, -0.2) is 36.6 Å². The molecule has 0 saturated heterocycles. The molecule has 0 spiro atoms. The summed E-state index contributed by atoms with van der Waals surface area (Å²) in [6.45, 7) is 8.78. The first-order valence-corrected chi connectivity index (χ1v) is 9.21. The molecular weight excluding hydrogens is 294 g/mol. The van der Waals surface area contributed by atoms with E-state index in [9.17, 15) is 0 Å². The van der Waals surface area contributed by atoms with Crippen LogP contribution in [0.15, 0.2) is 29.9 Å². The van der Waals surface area contributed by atoms with E-state index in [-0.39, 0.29) is 0 Å². The summed E-state index contributed by atoms with van der Waals surface area (Å²) in [5.74, 6) is 0.477. The van der Waals surface area contributed by atoms with Crippen LogP contribution in [0.2, 0.25) is 0 Å². The van der Waals surface area contributed by atoms with Crippen LogP contribution in [0.5, 0.6) is 0 Å². The highest BCUT2D eigenvalue weighted by Gasteiger charge is 2.31. The maximum atomic E-state index is 3.76. The molecule has 1 atom stereocenters. The van der Waals surface area contributed by atoms with Gasteiger partial charge in [-0.05, 0) is 42.0 Å². The minimum Gasteiger partial charge on any atom is -0.360 e. The molecule has 0 aromatic carbocycles. The standard InChI is InChI=1S/C21H29N3/c1-21(2)9-7-16-18(8-10-21)23-19-13-22-12-17(20(16)19)15-6-4-5-11-24(3)14-15/h4-7,9,17,22-23H,8,10-14H2,1-3H3. The second-order valence-corrected chi connectivity index (χ2v) is 8.28. The van der Waals surface area contributed by atoms with E-state index in [1.807, 2.05) is 0 Å². The quantitative estimate of drug-likeness (QED) is 0.827. The molecule has 1 aromatic heterocycles. The van der Waals surface area contributed by atoms with Crippen LogP contribution in [0, 0.1) is 5.41 Å². The lowest BCUT2D eigenvalue weighted by molar-refractivity contribution is 0.391. The Morgan fingerprint density at radius 1 is 1.25 bits per heavy atom. The number of hydrogen-bond donors (Lipinski definition) is 2. The van der Waals surface area contributed by atoms with Gasteiger partial charge in [-0.3, -0.25) is 4.90 Å². The number of fused-ring (bicyclic) bond motifs is 3. The van der Waals surface area contributed by atoms with Crippen LogP contribution in [0.25, 0.3) is 6.08 Å². The lowest BCUT2D eigenvalue weighted by Crippen LogP contribution is -2.32. The van der Waals surface area contributed by atoms with Gasteiger partial charge in [-0.25, -0.2) is 0 Å². The molecule has 3 heteroatoms. The van der Waals surface area contributed by atoms with Crippen molar-refractivity contribution in [3.63, 3.8) is 0 Å². The lowest BCUT2D eigenvalue weighted by Gasteiger charge is -2.29. The molecule has 3 heterocycles. The molecule has 128 valence electrons. The number of hydrogen-bond acceptors (Lipinski definition) is 2. The average Bonchev–Trinajstić information content (AvgIpc) is 2.66. The van der Waals surface area contributed by atoms with Gasteiger partial charge in [0.2, 0.25) is 0 Å². The van der Waals surface area contributed by atoms with E-state index < -0.39 is 0 Å². The van der Waals surface area contributed by atoms with Gasteiger partial charge >= 0.3 is 0 Å². The van der Waals surface area contributed by atoms with Gasteiger partial charge in [-0.1, -0.05) is 44.2 Å².